The second-order valence-electron chi connectivity index (χ2n) is 4.52. The van der Waals surface area contributed by atoms with Crippen LogP contribution < -0.4 is 5.32 Å². The van der Waals surface area contributed by atoms with Gasteiger partial charge in [-0.15, -0.1) is 0 Å². The Bertz CT molecular complexity index is 552. The first kappa shape index (κ1) is 16.6. The number of phenolic OH excluding ortho intramolecular Hbond substituents is 1. The van der Waals surface area contributed by atoms with E-state index in [1.54, 1.807) is 24.3 Å². The highest BCUT2D eigenvalue weighted by Gasteiger charge is 2.10. The summed E-state index contributed by atoms with van der Waals surface area (Å²) in [6, 6.07) is 16.0. The Labute approximate surface area is 125 Å². The second kappa shape index (κ2) is 7.94. The maximum atomic E-state index is 11.7. The molecule has 0 radical (unpaired) electrons. The summed E-state index contributed by atoms with van der Waals surface area (Å²) < 4.78 is 5.14. The molecule has 1 atom stereocenters. The van der Waals surface area contributed by atoms with Crippen LogP contribution in [0.3, 0.4) is 0 Å². The van der Waals surface area contributed by atoms with Gasteiger partial charge in [-0.1, -0.05) is 49.9 Å². The minimum absolute atomic E-state index is 0. The van der Waals surface area contributed by atoms with E-state index in [0.29, 0.717) is 0 Å². The molecule has 1 amide bonds. The Morgan fingerprint density at radius 1 is 1.14 bits per heavy atom. The number of ether oxygens (including phenoxy) is 1. The standard InChI is InChI=1S/C16H17NO3.CH4/c1-12(14-7-9-15(18)10-8-14)17-16(19)20-11-13-5-3-2-4-6-13;/h2-10,12,18H,11H2,1H3,(H,17,19);1H4/t12-;/m0./s1. The average Bonchev–Trinajstić information content (AvgIpc) is 2.47. The van der Waals surface area contributed by atoms with Gasteiger partial charge in [0.15, 0.2) is 0 Å². The molecule has 2 aromatic rings. The molecule has 0 bridgehead atoms. The predicted molar refractivity (Wildman–Crippen MR) is 83.0 cm³/mol. The van der Waals surface area contributed by atoms with Gasteiger partial charge in [0.2, 0.25) is 0 Å². The monoisotopic (exact) mass is 287 g/mol. The number of alkyl carbamates (subject to hydrolysis) is 1. The van der Waals surface area contributed by atoms with Crippen LogP contribution in [0.25, 0.3) is 0 Å². The first-order chi connectivity index (χ1) is 9.65. The number of phenols is 1. The summed E-state index contributed by atoms with van der Waals surface area (Å²) in [7, 11) is 0. The lowest BCUT2D eigenvalue weighted by Gasteiger charge is -2.14. The van der Waals surface area contributed by atoms with E-state index in [1.807, 2.05) is 37.3 Å². The highest BCUT2D eigenvalue weighted by Crippen LogP contribution is 2.16. The van der Waals surface area contributed by atoms with Crippen molar-refractivity contribution in [2.24, 2.45) is 0 Å². The molecule has 4 nitrogen and oxygen atoms in total. The van der Waals surface area contributed by atoms with Crippen molar-refractivity contribution in [1.82, 2.24) is 5.32 Å². The van der Waals surface area contributed by atoms with Gasteiger partial charge in [-0.25, -0.2) is 4.79 Å². The Morgan fingerprint density at radius 3 is 2.38 bits per heavy atom. The Morgan fingerprint density at radius 2 is 1.76 bits per heavy atom. The smallest absolute Gasteiger partial charge is 0.407 e. The molecule has 112 valence electrons. The van der Waals surface area contributed by atoms with E-state index in [1.165, 1.54) is 0 Å². The van der Waals surface area contributed by atoms with Gasteiger partial charge in [0.25, 0.3) is 0 Å². The SMILES string of the molecule is C.C[C@H](NC(=O)OCc1ccccc1)c1ccc(O)cc1. The van der Waals surface area contributed by atoms with Gasteiger partial charge in [0, 0.05) is 0 Å². The number of hydrogen-bond acceptors (Lipinski definition) is 3. The van der Waals surface area contributed by atoms with E-state index in [0.717, 1.165) is 11.1 Å². The molecule has 0 heterocycles. The van der Waals surface area contributed by atoms with Crippen molar-refractivity contribution in [3.05, 3.63) is 65.7 Å². The maximum Gasteiger partial charge on any atom is 0.407 e. The normalized spacial score (nSPS) is 11.1. The number of aromatic hydroxyl groups is 1. The molecule has 0 unspecified atom stereocenters. The van der Waals surface area contributed by atoms with E-state index >= 15 is 0 Å². The summed E-state index contributed by atoms with van der Waals surface area (Å²) in [5, 5.41) is 12.0. The van der Waals surface area contributed by atoms with Crippen LogP contribution in [0.5, 0.6) is 5.75 Å². The molecule has 21 heavy (non-hydrogen) atoms. The van der Waals surface area contributed by atoms with Crippen molar-refractivity contribution in [3.63, 3.8) is 0 Å². The Balaban J connectivity index is 0.00000220. The zero-order valence-corrected chi connectivity index (χ0v) is 11.2. The van der Waals surface area contributed by atoms with Crippen LogP contribution in [0.4, 0.5) is 4.79 Å². The Hall–Kier alpha value is -2.49. The maximum absolute atomic E-state index is 11.7. The predicted octanol–water partition coefficient (Wildman–Crippen LogP) is 4.02. The second-order valence-corrected chi connectivity index (χ2v) is 4.52. The summed E-state index contributed by atoms with van der Waals surface area (Å²) in [5.74, 6) is 0.201. The molecule has 2 rings (SSSR count). The van der Waals surface area contributed by atoms with Crippen LogP contribution in [0, 0.1) is 0 Å². The topological polar surface area (TPSA) is 58.6 Å². The number of nitrogens with one attached hydrogen (secondary N) is 1. The van der Waals surface area contributed by atoms with Gasteiger partial charge >= 0.3 is 6.09 Å². The zero-order valence-electron chi connectivity index (χ0n) is 11.2. The van der Waals surface area contributed by atoms with Gasteiger partial charge in [0.1, 0.15) is 12.4 Å². The fourth-order valence-corrected chi connectivity index (χ4v) is 1.79. The van der Waals surface area contributed by atoms with Crippen LogP contribution in [0.15, 0.2) is 54.6 Å². The van der Waals surface area contributed by atoms with Crippen LogP contribution in [-0.2, 0) is 11.3 Å². The third kappa shape index (κ3) is 5.18. The van der Waals surface area contributed by atoms with Crippen LogP contribution >= 0.6 is 0 Å². The van der Waals surface area contributed by atoms with E-state index in [-0.39, 0.29) is 25.8 Å². The number of benzene rings is 2. The average molecular weight is 287 g/mol. The summed E-state index contributed by atoms with van der Waals surface area (Å²) in [6.07, 6.45) is -0.463. The fraction of sp³-hybridized carbons (Fsp3) is 0.235. The van der Waals surface area contributed by atoms with Crippen molar-refractivity contribution >= 4 is 6.09 Å². The van der Waals surface area contributed by atoms with E-state index < -0.39 is 6.09 Å². The molecule has 0 aromatic heterocycles. The summed E-state index contributed by atoms with van der Waals surface area (Å²) >= 11 is 0. The van der Waals surface area contributed by atoms with Gasteiger partial charge < -0.3 is 15.2 Å². The van der Waals surface area contributed by atoms with Crippen molar-refractivity contribution < 1.29 is 14.6 Å². The molecular weight excluding hydrogens is 266 g/mol. The minimum atomic E-state index is -0.463. The molecule has 0 aliphatic rings. The van der Waals surface area contributed by atoms with Crippen LogP contribution in [0.2, 0.25) is 0 Å². The van der Waals surface area contributed by atoms with E-state index in [4.69, 9.17) is 4.74 Å². The quantitative estimate of drug-likeness (QED) is 0.893. The lowest BCUT2D eigenvalue weighted by Crippen LogP contribution is -2.27. The van der Waals surface area contributed by atoms with Gasteiger partial charge in [-0.05, 0) is 30.2 Å². The molecule has 0 aliphatic heterocycles. The molecule has 0 fully saturated rings. The fourth-order valence-electron chi connectivity index (χ4n) is 1.79. The van der Waals surface area contributed by atoms with E-state index in [2.05, 4.69) is 5.32 Å². The van der Waals surface area contributed by atoms with Gasteiger partial charge in [-0.2, -0.15) is 0 Å². The highest BCUT2D eigenvalue weighted by atomic mass is 16.5. The first-order valence-corrected chi connectivity index (χ1v) is 6.41. The first-order valence-electron chi connectivity index (χ1n) is 6.41. The molecule has 2 aromatic carbocycles. The Kier molecular flexibility index (Phi) is 6.27. The molecule has 0 saturated carbocycles. The number of hydrogen-bond donors (Lipinski definition) is 2. The molecule has 0 saturated heterocycles. The van der Waals surface area contributed by atoms with Gasteiger partial charge in [0.05, 0.1) is 6.04 Å². The van der Waals surface area contributed by atoms with Crippen molar-refractivity contribution in [2.45, 2.75) is 27.0 Å². The van der Waals surface area contributed by atoms with Crippen LogP contribution in [0.1, 0.15) is 31.5 Å². The molecule has 0 aliphatic carbocycles. The van der Waals surface area contributed by atoms with Crippen molar-refractivity contribution in [1.29, 1.82) is 0 Å². The number of carbonyl (C=O) groups excluding carboxylic acids is 1. The molecular formula is C17H21NO3. The van der Waals surface area contributed by atoms with E-state index in [9.17, 15) is 9.90 Å². The molecule has 4 heteroatoms. The zero-order chi connectivity index (χ0) is 14.4. The van der Waals surface area contributed by atoms with Gasteiger partial charge in [-0.3, -0.25) is 0 Å². The molecule has 2 N–H and O–H groups in total. The molecule has 0 spiro atoms. The summed E-state index contributed by atoms with van der Waals surface area (Å²) in [5.41, 5.74) is 1.85. The third-order valence-electron chi connectivity index (χ3n) is 2.94. The number of carbonyl (C=O) groups is 1. The third-order valence-corrected chi connectivity index (χ3v) is 2.94. The van der Waals surface area contributed by atoms with Crippen molar-refractivity contribution in [3.8, 4) is 5.75 Å². The minimum Gasteiger partial charge on any atom is -0.508 e. The number of rotatable bonds is 4. The van der Waals surface area contributed by atoms with Crippen molar-refractivity contribution in [2.75, 3.05) is 0 Å². The summed E-state index contributed by atoms with van der Waals surface area (Å²) in [4.78, 5) is 11.7. The number of amides is 1. The van der Waals surface area contributed by atoms with Crippen LogP contribution in [-0.4, -0.2) is 11.2 Å². The summed E-state index contributed by atoms with van der Waals surface area (Å²) in [6.45, 7) is 2.10. The lowest BCUT2D eigenvalue weighted by molar-refractivity contribution is 0.136. The largest absolute Gasteiger partial charge is 0.508 e. The highest BCUT2D eigenvalue weighted by molar-refractivity contribution is 5.67. The lowest BCUT2D eigenvalue weighted by atomic mass is 10.1.